The largest absolute Gasteiger partial charge is 0.480 e. The molecular formula is C14H20N4O3. The summed E-state index contributed by atoms with van der Waals surface area (Å²) in [7, 11) is 0. The van der Waals surface area contributed by atoms with Crippen LogP contribution in [0.4, 0.5) is 5.82 Å². The lowest BCUT2D eigenvalue weighted by atomic mass is 10.1. The number of aliphatic carboxylic acids is 1. The Labute approximate surface area is 123 Å². The molecule has 1 aromatic rings. The average molecular weight is 292 g/mol. The molecule has 0 spiro atoms. The van der Waals surface area contributed by atoms with E-state index in [1.165, 1.54) is 6.20 Å². The standard InChI is InChI=1S/C14H20N4O3/c1-2-11(14(20)21)17-5-7-18(8-6-17)12-4-3-10(9-16-12)13(15)19/h3-4,9,11H,2,5-8H2,1H3,(H2,15,19)(H,20,21). The van der Waals surface area contributed by atoms with Crippen LogP contribution in [0.5, 0.6) is 0 Å². The Hall–Kier alpha value is -2.15. The highest BCUT2D eigenvalue weighted by atomic mass is 16.4. The molecule has 1 saturated heterocycles. The zero-order valence-corrected chi connectivity index (χ0v) is 12.0. The van der Waals surface area contributed by atoms with Gasteiger partial charge in [0, 0.05) is 32.4 Å². The quantitative estimate of drug-likeness (QED) is 0.802. The molecule has 0 saturated carbocycles. The Kier molecular flexibility index (Phi) is 4.74. The molecule has 0 bridgehead atoms. The van der Waals surface area contributed by atoms with E-state index in [0.29, 0.717) is 38.2 Å². The lowest BCUT2D eigenvalue weighted by Gasteiger charge is -2.38. The second kappa shape index (κ2) is 6.53. The third-order valence-electron chi connectivity index (χ3n) is 3.78. The van der Waals surface area contributed by atoms with Gasteiger partial charge in [0.1, 0.15) is 11.9 Å². The van der Waals surface area contributed by atoms with Crippen LogP contribution in [0.25, 0.3) is 0 Å². The van der Waals surface area contributed by atoms with Crippen LogP contribution in [-0.4, -0.2) is 59.1 Å². The molecule has 1 amide bonds. The highest BCUT2D eigenvalue weighted by Crippen LogP contribution is 2.16. The lowest BCUT2D eigenvalue weighted by molar-refractivity contribution is -0.143. The van der Waals surface area contributed by atoms with Crippen molar-refractivity contribution in [1.82, 2.24) is 9.88 Å². The van der Waals surface area contributed by atoms with Crippen LogP contribution in [0.1, 0.15) is 23.7 Å². The highest BCUT2D eigenvalue weighted by molar-refractivity contribution is 5.92. The molecule has 1 aliphatic rings. The van der Waals surface area contributed by atoms with E-state index in [1.54, 1.807) is 12.1 Å². The van der Waals surface area contributed by atoms with Gasteiger partial charge < -0.3 is 15.7 Å². The summed E-state index contributed by atoms with van der Waals surface area (Å²) in [6, 6.07) is 3.00. The predicted molar refractivity (Wildman–Crippen MR) is 78.3 cm³/mol. The van der Waals surface area contributed by atoms with Crippen LogP contribution < -0.4 is 10.6 Å². The highest BCUT2D eigenvalue weighted by Gasteiger charge is 2.27. The minimum atomic E-state index is -0.769. The number of carboxylic acid groups (broad SMARTS) is 1. The van der Waals surface area contributed by atoms with Gasteiger partial charge in [0.2, 0.25) is 5.91 Å². The topological polar surface area (TPSA) is 99.8 Å². The summed E-state index contributed by atoms with van der Waals surface area (Å²) >= 11 is 0. The normalized spacial score (nSPS) is 17.5. The van der Waals surface area contributed by atoms with Gasteiger partial charge in [0.15, 0.2) is 0 Å². The molecule has 1 aliphatic heterocycles. The number of nitrogens with two attached hydrogens (primary N) is 1. The molecule has 1 unspecified atom stereocenters. The number of hydrogen-bond acceptors (Lipinski definition) is 5. The summed E-state index contributed by atoms with van der Waals surface area (Å²) in [6.45, 7) is 4.68. The third-order valence-corrected chi connectivity index (χ3v) is 3.78. The summed E-state index contributed by atoms with van der Waals surface area (Å²) in [5.41, 5.74) is 5.57. The fourth-order valence-electron chi connectivity index (χ4n) is 2.57. The maximum absolute atomic E-state index is 11.2. The van der Waals surface area contributed by atoms with Crippen LogP contribution in [0.3, 0.4) is 0 Å². The van der Waals surface area contributed by atoms with E-state index in [9.17, 15) is 14.7 Å². The van der Waals surface area contributed by atoms with E-state index < -0.39 is 17.9 Å². The van der Waals surface area contributed by atoms with E-state index in [1.807, 2.05) is 11.8 Å². The van der Waals surface area contributed by atoms with Gasteiger partial charge in [-0.05, 0) is 18.6 Å². The number of hydrogen-bond donors (Lipinski definition) is 2. The fourth-order valence-corrected chi connectivity index (χ4v) is 2.57. The number of rotatable bonds is 5. The van der Waals surface area contributed by atoms with Crippen molar-refractivity contribution in [2.75, 3.05) is 31.1 Å². The zero-order chi connectivity index (χ0) is 15.4. The first-order chi connectivity index (χ1) is 10.0. The van der Waals surface area contributed by atoms with Gasteiger partial charge in [0.25, 0.3) is 0 Å². The molecule has 7 nitrogen and oxygen atoms in total. The van der Waals surface area contributed by atoms with Crippen molar-refractivity contribution in [3.05, 3.63) is 23.9 Å². The van der Waals surface area contributed by atoms with Gasteiger partial charge in [0.05, 0.1) is 5.56 Å². The Balaban J connectivity index is 1.97. The Morgan fingerprint density at radius 1 is 1.33 bits per heavy atom. The van der Waals surface area contributed by atoms with Crippen molar-refractivity contribution < 1.29 is 14.7 Å². The van der Waals surface area contributed by atoms with Crippen LogP contribution in [0, 0.1) is 0 Å². The molecular weight excluding hydrogens is 272 g/mol. The van der Waals surface area contributed by atoms with E-state index in [2.05, 4.69) is 9.88 Å². The Bertz CT molecular complexity index is 509. The minimum Gasteiger partial charge on any atom is -0.480 e. The molecule has 3 N–H and O–H groups in total. The maximum atomic E-state index is 11.2. The zero-order valence-electron chi connectivity index (χ0n) is 12.0. The predicted octanol–water partition coefficient (Wildman–Crippen LogP) is 0.166. The summed E-state index contributed by atoms with van der Waals surface area (Å²) in [5, 5.41) is 9.18. The monoisotopic (exact) mass is 292 g/mol. The van der Waals surface area contributed by atoms with Crippen LogP contribution >= 0.6 is 0 Å². The number of carboxylic acids is 1. The molecule has 1 atom stereocenters. The van der Waals surface area contributed by atoms with E-state index in [0.717, 1.165) is 5.82 Å². The van der Waals surface area contributed by atoms with Crippen LogP contribution in [0.2, 0.25) is 0 Å². The van der Waals surface area contributed by atoms with Crippen molar-refractivity contribution in [3.63, 3.8) is 0 Å². The van der Waals surface area contributed by atoms with Crippen molar-refractivity contribution in [1.29, 1.82) is 0 Å². The number of primary amides is 1. The maximum Gasteiger partial charge on any atom is 0.320 e. The summed E-state index contributed by atoms with van der Waals surface area (Å²) in [6.07, 6.45) is 2.07. The number of aromatic nitrogens is 1. The van der Waals surface area contributed by atoms with Crippen LogP contribution in [-0.2, 0) is 4.79 Å². The molecule has 1 fully saturated rings. The number of pyridine rings is 1. The van der Waals surface area contributed by atoms with Gasteiger partial charge in [-0.15, -0.1) is 0 Å². The van der Waals surface area contributed by atoms with Gasteiger partial charge in [-0.1, -0.05) is 6.92 Å². The first-order valence-electron chi connectivity index (χ1n) is 7.00. The van der Waals surface area contributed by atoms with Crippen molar-refractivity contribution >= 4 is 17.7 Å². The molecule has 114 valence electrons. The summed E-state index contributed by atoms with van der Waals surface area (Å²) in [4.78, 5) is 30.5. The molecule has 21 heavy (non-hydrogen) atoms. The van der Waals surface area contributed by atoms with Gasteiger partial charge in [-0.2, -0.15) is 0 Å². The smallest absolute Gasteiger partial charge is 0.320 e. The number of nitrogens with zero attached hydrogens (tertiary/aromatic N) is 3. The van der Waals surface area contributed by atoms with E-state index in [4.69, 9.17) is 5.73 Å². The molecule has 2 heterocycles. The van der Waals surface area contributed by atoms with Crippen molar-refractivity contribution in [3.8, 4) is 0 Å². The fraction of sp³-hybridized carbons (Fsp3) is 0.500. The second-order valence-corrected chi connectivity index (χ2v) is 5.05. The molecule has 0 aliphatic carbocycles. The van der Waals surface area contributed by atoms with Gasteiger partial charge in [-0.25, -0.2) is 4.98 Å². The first kappa shape index (κ1) is 15.2. The molecule has 2 rings (SSSR count). The molecule has 0 aromatic carbocycles. The summed E-state index contributed by atoms with van der Waals surface area (Å²) < 4.78 is 0. The van der Waals surface area contributed by atoms with E-state index in [-0.39, 0.29) is 0 Å². The number of carbonyl (C=O) groups excluding carboxylic acids is 1. The molecule has 0 radical (unpaired) electrons. The SMILES string of the molecule is CCC(C(=O)O)N1CCN(c2ccc(C(N)=O)cn2)CC1. The van der Waals surface area contributed by atoms with E-state index >= 15 is 0 Å². The number of piperazine rings is 1. The summed E-state index contributed by atoms with van der Waals surface area (Å²) in [5.74, 6) is -0.482. The van der Waals surface area contributed by atoms with Gasteiger partial charge in [-0.3, -0.25) is 14.5 Å². The van der Waals surface area contributed by atoms with Crippen LogP contribution in [0.15, 0.2) is 18.3 Å². The number of amides is 1. The average Bonchev–Trinajstić information content (AvgIpc) is 2.48. The molecule has 1 aromatic heterocycles. The van der Waals surface area contributed by atoms with Crippen molar-refractivity contribution in [2.45, 2.75) is 19.4 Å². The third kappa shape index (κ3) is 3.49. The van der Waals surface area contributed by atoms with Gasteiger partial charge >= 0.3 is 5.97 Å². The second-order valence-electron chi connectivity index (χ2n) is 5.05. The lowest BCUT2D eigenvalue weighted by Crippen LogP contribution is -2.52. The Morgan fingerprint density at radius 3 is 2.43 bits per heavy atom. The first-order valence-corrected chi connectivity index (χ1v) is 7.00. The number of carbonyl (C=O) groups is 2. The molecule has 7 heteroatoms. The Morgan fingerprint density at radius 2 is 2.00 bits per heavy atom. The number of anilines is 1. The minimum absolute atomic E-state index is 0.384. The van der Waals surface area contributed by atoms with Crippen molar-refractivity contribution in [2.24, 2.45) is 5.73 Å².